The van der Waals surface area contributed by atoms with Crippen LogP contribution in [0.15, 0.2) is 18.5 Å². The predicted molar refractivity (Wildman–Crippen MR) is 102 cm³/mol. The van der Waals surface area contributed by atoms with Crippen molar-refractivity contribution in [3.63, 3.8) is 0 Å². The summed E-state index contributed by atoms with van der Waals surface area (Å²) in [5.74, 6) is 2.29. The average molecular weight is 375 g/mol. The van der Waals surface area contributed by atoms with E-state index in [9.17, 15) is 8.42 Å². The molecule has 7 nitrogen and oxygen atoms in total. The summed E-state index contributed by atoms with van der Waals surface area (Å²) >= 11 is 0. The van der Waals surface area contributed by atoms with Gasteiger partial charge in [-0.25, -0.2) is 18.4 Å². The molecule has 2 aliphatic rings. The van der Waals surface area contributed by atoms with E-state index in [1.54, 1.807) is 13.2 Å². The monoisotopic (exact) mass is 375 g/mol. The molecule has 140 valence electrons. The Kier molecular flexibility index (Phi) is 3.46. The number of aromatic amines is 1. The van der Waals surface area contributed by atoms with Crippen LogP contribution in [0.2, 0.25) is 0 Å². The van der Waals surface area contributed by atoms with Crippen molar-refractivity contribution in [2.75, 3.05) is 13.3 Å². The summed E-state index contributed by atoms with van der Waals surface area (Å²) in [4.78, 5) is 12.4. The molecule has 26 heavy (non-hydrogen) atoms. The van der Waals surface area contributed by atoms with Crippen molar-refractivity contribution in [1.82, 2.24) is 23.8 Å². The van der Waals surface area contributed by atoms with Crippen molar-refractivity contribution in [3.05, 3.63) is 24.3 Å². The Balaban J connectivity index is 0.00000180. The number of nitrogens with zero attached hydrogens (tertiary/aromatic N) is 4. The van der Waals surface area contributed by atoms with E-state index < -0.39 is 10.0 Å². The minimum absolute atomic E-state index is 0. The van der Waals surface area contributed by atoms with Crippen LogP contribution in [-0.2, 0) is 16.6 Å². The fourth-order valence-corrected chi connectivity index (χ4v) is 5.30. The molecule has 3 atom stereocenters. The number of imidazole rings is 1. The third kappa shape index (κ3) is 2.39. The molecule has 3 aromatic rings. The van der Waals surface area contributed by atoms with Gasteiger partial charge in [0.1, 0.15) is 17.0 Å². The van der Waals surface area contributed by atoms with Crippen molar-refractivity contribution < 1.29 is 9.84 Å². The van der Waals surface area contributed by atoms with E-state index in [1.807, 2.05) is 12.3 Å². The molecular formula is C18H25N5O2S. The first-order valence-corrected chi connectivity index (χ1v) is 11.0. The Labute approximate surface area is 154 Å². The van der Waals surface area contributed by atoms with Crippen LogP contribution in [0.25, 0.3) is 22.1 Å². The molecule has 2 bridgehead atoms. The standard InChI is InChI=1S/C18H23N5O2S.H2/c1-22(26(2,24)25)10-16-21-14-9-20-18-13(5-6-19-18)17(14)23(16)15-8-11-3-4-12(15)7-11;/h5-6,9,11-12,15H,3-4,7-8,10H2,1-2H3,(H,19,20);1H. The number of H-pyrrole nitrogens is 1. The molecule has 0 aliphatic heterocycles. The van der Waals surface area contributed by atoms with E-state index in [0.29, 0.717) is 12.0 Å². The molecule has 8 heteroatoms. The Hall–Kier alpha value is -1.93. The Bertz CT molecular complexity index is 1110. The average Bonchev–Trinajstić information content (AvgIpc) is 3.34. The van der Waals surface area contributed by atoms with Gasteiger partial charge in [0.15, 0.2) is 0 Å². The molecule has 5 rings (SSSR count). The summed E-state index contributed by atoms with van der Waals surface area (Å²) in [5.41, 5.74) is 2.78. The van der Waals surface area contributed by atoms with Gasteiger partial charge in [0.2, 0.25) is 10.0 Å². The molecular weight excluding hydrogens is 350 g/mol. The van der Waals surface area contributed by atoms with E-state index in [1.165, 1.54) is 36.2 Å². The highest BCUT2D eigenvalue weighted by Gasteiger charge is 2.42. The van der Waals surface area contributed by atoms with Crippen molar-refractivity contribution in [2.45, 2.75) is 38.3 Å². The van der Waals surface area contributed by atoms with E-state index >= 15 is 0 Å². The summed E-state index contributed by atoms with van der Waals surface area (Å²) in [7, 11) is -1.65. The third-order valence-corrected chi connectivity index (χ3v) is 7.53. The fraction of sp³-hybridized carbons (Fsp3) is 0.556. The number of hydrogen-bond acceptors (Lipinski definition) is 4. The van der Waals surface area contributed by atoms with E-state index in [0.717, 1.165) is 33.8 Å². The molecule has 0 aromatic carbocycles. The second-order valence-corrected chi connectivity index (χ2v) is 9.98. The van der Waals surface area contributed by atoms with E-state index in [2.05, 4.69) is 14.5 Å². The highest BCUT2D eigenvalue weighted by Crippen LogP contribution is 2.52. The zero-order chi connectivity index (χ0) is 18.1. The van der Waals surface area contributed by atoms with Gasteiger partial charge >= 0.3 is 0 Å². The third-order valence-electron chi connectivity index (χ3n) is 6.27. The van der Waals surface area contributed by atoms with Gasteiger partial charge in [0.05, 0.1) is 24.5 Å². The molecule has 2 aliphatic carbocycles. The second-order valence-electron chi connectivity index (χ2n) is 7.89. The number of aromatic nitrogens is 4. The zero-order valence-corrected chi connectivity index (χ0v) is 15.8. The smallest absolute Gasteiger partial charge is 0.211 e. The van der Waals surface area contributed by atoms with Crippen LogP contribution in [0, 0.1) is 11.8 Å². The number of sulfonamides is 1. The molecule has 0 amide bonds. The zero-order valence-electron chi connectivity index (χ0n) is 15.0. The largest absolute Gasteiger partial charge is 0.346 e. The van der Waals surface area contributed by atoms with Gasteiger partial charge in [-0.1, -0.05) is 6.42 Å². The van der Waals surface area contributed by atoms with Gasteiger partial charge in [0.25, 0.3) is 0 Å². The van der Waals surface area contributed by atoms with E-state index in [4.69, 9.17) is 4.98 Å². The van der Waals surface area contributed by atoms with Crippen LogP contribution in [0.5, 0.6) is 0 Å². The Morgan fingerprint density at radius 1 is 1.38 bits per heavy atom. The first-order chi connectivity index (χ1) is 12.4. The maximum Gasteiger partial charge on any atom is 0.211 e. The van der Waals surface area contributed by atoms with Crippen LogP contribution in [0.1, 0.15) is 39.0 Å². The minimum atomic E-state index is -3.26. The number of hydrogen-bond donors (Lipinski definition) is 1. The molecule has 3 unspecified atom stereocenters. The molecule has 0 saturated heterocycles. The highest BCUT2D eigenvalue weighted by molar-refractivity contribution is 7.88. The lowest BCUT2D eigenvalue weighted by Gasteiger charge is -2.27. The van der Waals surface area contributed by atoms with Gasteiger partial charge in [-0.15, -0.1) is 0 Å². The molecule has 3 aromatic heterocycles. The lowest BCUT2D eigenvalue weighted by molar-refractivity contribution is 0.321. The summed E-state index contributed by atoms with van der Waals surface area (Å²) in [6, 6.07) is 2.45. The number of pyridine rings is 1. The SMILES string of the molecule is CN(Cc1nc2cnc3[nH]ccc3c2n1C1CC2CCC1C2)S(C)(=O)=O.[HH]. The van der Waals surface area contributed by atoms with Gasteiger partial charge in [0, 0.05) is 26.1 Å². The maximum absolute atomic E-state index is 12.0. The van der Waals surface area contributed by atoms with Crippen LogP contribution in [0.4, 0.5) is 0 Å². The summed E-state index contributed by atoms with van der Waals surface area (Å²) in [6.45, 7) is 0.285. The topological polar surface area (TPSA) is 83.9 Å². The van der Waals surface area contributed by atoms with Crippen molar-refractivity contribution in [2.24, 2.45) is 11.8 Å². The predicted octanol–water partition coefficient (Wildman–Crippen LogP) is 2.91. The molecule has 2 fully saturated rings. The molecule has 2 saturated carbocycles. The fourth-order valence-electron chi connectivity index (χ4n) is 4.95. The van der Waals surface area contributed by atoms with Gasteiger partial charge < -0.3 is 9.55 Å². The lowest BCUT2D eigenvalue weighted by Crippen LogP contribution is -2.28. The first kappa shape index (κ1) is 16.3. The molecule has 1 N–H and O–H groups in total. The number of rotatable bonds is 4. The van der Waals surface area contributed by atoms with Gasteiger partial charge in [-0.3, -0.25) is 0 Å². The summed E-state index contributed by atoms with van der Waals surface area (Å²) < 4.78 is 27.6. The van der Waals surface area contributed by atoms with Crippen molar-refractivity contribution in [1.29, 1.82) is 0 Å². The van der Waals surface area contributed by atoms with Crippen LogP contribution >= 0.6 is 0 Å². The first-order valence-electron chi connectivity index (χ1n) is 9.16. The summed E-state index contributed by atoms with van der Waals surface area (Å²) in [5, 5.41) is 1.06. The maximum atomic E-state index is 12.0. The normalized spacial score (nSPS) is 25.9. The van der Waals surface area contributed by atoms with Crippen molar-refractivity contribution >= 4 is 32.1 Å². The quantitative estimate of drug-likeness (QED) is 0.760. The minimum Gasteiger partial charge on any atom is -0.346 e. The number of nitrogens with one attached hydrogen (secondary N) is 1. The van der Waals surface area contributed by atoms with Crippen LogP contribution in [-0.4, -0.2) is 45.5 Å². The number of fused-ring (bicyclic) bond motifs is 5. The van der Waals surface area contributed by atoms with Crippen LogP contribution < -0.4 is 0 Å². The van der Waals surface area contributed by atoms with Crippen molar-refractivity contribution in [3.8, 4) is 0 Å². The Morgan fingerprint density at radius 2 is 2.23 bits per heavy atom. The Morgan fingerprint density at radius 3 is 2.92 bits per heavy atom. The van der Waals surface area contributed by atoms with Crippen LogP contribution in [0.3, 0.4) is 0 Å². The lowest BCUT2D eigenvalue weighted by atomic mass is 9.95. The molecule has 3 heterocycles. The van der Waals surface area contributed by atoms with Gasteiger partial charge in [-0.05, 0) is 37.2 Å². The second kappa shape index (κ2) is 5.53. The molecule has 0 spiro atoms. The highest BCUT2D eigenvalue weighted by atomic mass is 32.2. The van der Waals surface area contributed by atoms with E-state index in [-0.39, 0.29) is 7.97 Å². The summed E-state index contributed by atoms with van der Waals surface area (Å²) in [6.07, 6.45) is 9.97. The van der Waals surface area contributed by atoms with Gasteiger partial charge in [-0.2, -0.15) is 4.31 Å². The molecule has 0 radical (unpaired) electrons.